The Labute approximate surface area is 149 Å². The molecule has 0 radical (unpaired) electrons. The van der Waals surface area contributed by atoms with E-state index in [4.69, 9.17) is 5.11 Å². The van der Waals surface area contributed by atoms with Gasteiger partial charge in [0.2, 0.25) is 11.8 Å². The molecule has 144 valence electrons. The van der Waals surface area contributed by atoms with Crippen LogP contribution in [-0.2, 0) is 24.2 Å². The van der Waals surface area contributed by atoms with E-state index >= 15 is 0 Å². The zero-order valence-corrected chi connectivity index (χ0v) is 15.9. The number of carboxylic acids is 1. The molecule has 25 heavy (non-hydrogen) atoms. The van der Waals surface area contributed by atoms with Crippen molar-refractivity contribution in [2.75, 3.05) is 31.1 Å². The van der Waals surface area contributed by atoms with Crippen molar-refractivity contribution >= 4 is 27.6 Å². The van der Waals surface area contributed by atoms with E-state index in [1.807, 2.05) is 0 Å². The molecule has 0 aliphatic carbocycles. The average molecular weight is 376 g/mol. The van der Waals surface area contributed by atoms with Crippen LogP contribution in [-0.4, -0.2) is 78.3 Å². The van der Waals surface area contributed by atoms with Gasteiger partial charge in [0.05, 0.1) is 5.75 Å². The first-order chi connectivity index (χ1) is 11.5. The lowest BCUT2D eigenvalue weighted by Gasteiger charge is -2.28. The first-order valence-electron chi connectivity index (χ1n) is 8.49. The van der Waals surface area contributed by atoms with Crippen molar-refractivity contribution in [1.29, 1.82) is 0 Å². The summed E-state index contributed by atoms with van der Waals surface area (Å²) < 4.78 is 24.0. The van der Waals surface area contributed by atoms with Gasteiger partial charge < -0.3 is 14.9 Å². The predicted molar refractivity (Wildman–Crippen MR) is 92.7 cm³/mol. The molecule has 1 heterocycles. The molecule has 1 rings (SSSR count). The Balaban J connectivity index is 2.69. The van der Waals surface area contributed by atoms with Crippen molar-refractivity contribution in [2.24, 2.45) is 5.92 Å². The lowest BCUT2D eigenvalue weighted by molar-refractivity contribution is -0.145. The molecule has 0 aromatic carbocycles. The van der Waals surface area contributed by atoms with E-state index < -0.39 is 27.5 Å². The highest BCUT2D eigenvalue weighted by molar-refractivity contribution is 7.92. The largest absolute Gasteiger partial charge is 0.480 e. The maximum atomic E-state index is 12.3. The van der Waals surface area contributed by atoms with Crippen molar-refractivity contribution in [3.05, 3.63) is 0 Å². The Morgan fingerprint density at radius 3 is 2.36 bits per heavy atom. The van der Waals surface area contributed by atoms with Crippen molar-refractivity contribution < 1.29 is 27.9 Å². The molecule has 0 aromatic heterocycles. The third-order valence-electron chi connectivity index (χ3n) is 4.13. The number of hydrogen-bond acceptors (Lipinski definition) is 5. The van der Waals surface area contributed by atoms with Gasteiger partial charge in [0.15, 0.2) is 9.84 Å². The molecule has 1 atom stereocenters. The smallest absolute Gasteiger partial charge is 0.323 e. The number of nitrogens with zero attached hydrogens (tertiary/aromatic N) is 2. The zero-order chi connectivity index (χ0) is 19.2. The summed E-state index contributed by atoms with van der Waals surface area (Å²) in [4.78, 5) is 37.8. The lowest BCUT2D eigenvalue weighted by Crippen LogP contribution is -2.43. The summed E-state index contributed by atoms with van der Waals surface area (Å²) >= 11 is 0. The van der Waals surface area contributed by atoms with Crippen LogP contribution in [0.25, 0.3) is 0 Å². The van der Waals surface area contributed by atoms with Gasteiger partial charge in [-0.25, -0.2) is 8.42 Å². The summed E-state index contributed by atoms with van der Waals surface area (Å²) in [6.45, 7) is 5.29. The summed E-state index contributed by atoms with van der Waals surface area (Å²) in [5.74, 6) is -2.37. The van der Waals surface area contributed by atoms with E-state index in [2.05, 4.69) is 0 Å². The Hall–Kier alpha value is -1.64. The number of rotatable bonds is 7. The van der Waals surface area contributed by atoms with Gasteiger partial charge in [-0.3, -0.25) is 14.4 Å². The van der Waals surface area contributed by atoms with Crippen LogP contribution in [0.15, 0.2) is 0 Å². The molecule has 1 aliphatic rings. The van der Waals surface area contributed by atoms with Gasteiger partial charge in [-0.2, -0.15) is 0 Å². The van der Waals surface area contributed by atoms with Crippen LogP contribution in [0.2, 0.25) is 0 Å². The second kappa shape index (κ2) is 9.17. The third kappa shape index (κ3) is 7.41. The monoisotopic (exact) mass is 376 g/mol. The fraction of sp³-hybridized carbons (Fsp3) is 0.812. The molecule has 8 nitrogen and oxygen atoms in total. The van der Waals surface area contributed by atoms with Gasteiger partial charge in [-0.15, -0.1) is 0 Å². The summed E-state index contributed by atoms with van der Waals surface area (Å²) in [7, 11) is -3.43. The molecule has 0 bridgehead atoms. The molecule has 1 N–H and O–H groups in total. The van der Waals surface area contributed by atoms with Crippen LogP contribution in [0.1, 0.15) is 40.0 Å². The number of sulfone groups is 1. The molecule has 1 unspecified atom stereocenters. The van der Waals surface area contributed by atoms with Gasteiger partial charge in [0.1, 0.15) is 12.3 Å². The maximum absolute atomic E-state index is 12.3. The topological polar surface area (TPSA) is 112 Å². The van der Waals surface area contributed by atoms with Crippen LogP contribution in [0.5, 0.6) is 0 Å². The second-order valence-electron chi connectivity index (χ2n) is 6.95. The standard InChI is InChI=1S/C16H28N2O6S/c1-12(2)10-25(23,24)11-15(20)17-7-4-5-14(6-8-17)18(13(3)19)9-16(21)22/h12,14H,4-11H2,1-3H3,(H,21,22). The number of likely N-dealkylation sites (tertiary alicyclic amines) is 1. The van der Waals surface area contributed by atoms with E-state index in [0.29, 0.717) is 32.4 Å². The molecular weight excluding hydrogens is 348 g/mol. The predicted octanol–water partition coefficient (Wildman–Crippen LogP) is 0.371. The van der Waals surface area contributed by atoms with Crippen LogP contribution >= 0.6 is 0 Å². The molecule has 2 amide bonds. The van der Waals surface area contributed by atoms with Crippen LogP contribution in [0.3, 0.4) is 0 Å². The number of amides is 2. The Morgan fingerprint density at radius 2 is 1.84 bits per heavy atom. The molecule has 0 spiro atoms. The number of hydrogen-bond donors (Lipinski definition) is 1. The van der Waals surface area contributed by atoms with E-state index in [9.17, 15) is 22.8 Å². The Kier molecular flexibility index (Phi) is 7.85. The van der Waals surface area contributed by atoms with Crippen LogP contribution in [0.4, 0.5) is 0 Å². The summed E-state index contributed by atoms with van der Waals surface area (Å²) in [5, 5.41) is 8.95. The summed E-state index contributed by atoms with van der Waals surface area (Å²) in [6.07, 6.45) is 1.64. The van der Waals surface area contributed by atoms with Crippen molar-refractivity contribution in [3.8, 4) is 0 Å². The third-order valence-corrected chi connectivity index (χ3v) is 5.99. The normalized spacial score (nSPS) is 18.7. The molecular formula is C16H28N2O6S. The van der Waals surface area contributed by atoms with Crippen molar-refractivity contribution in [1.82, 2.24) is 9.80 Å². The molecule has 0 saturated carbocycles. The highest BCUT2D eigenvalue weighted by Crippen LogP contribution is 2.18. The minimum Gasteiger partial charge on any atom is -0.480 e. The van der Waals surface area contributed by atoms with E-state index in [0.717, 1.165) is 0 Å². The van der Waals surface area contributed by atoms with Crippen LogP contribution < -0.4 is 0 Å². The second-order valence-corrected chi connectivity index (χ2v) is 9.06. The summed E-state index contributed by atoms with van der Waals surface area (Å²) in [6, 6.07) is -0.251. The number of aliphatic carboxylic acids is 1. The average Bonchev–Trinajstić information content (AvgIpc) is 2.67. The minimum atomic E-state index is -3.43. The first kappa shape index (κ1) is 21.4. The lowest BCUT2D eigenvalue weighted by atomic mass is 10.1. The van der Waals surface area contributed by atoms with E-state index in [1.54, 1.807) is 13.8 Å². The number of carboxylic acid groups (broad SMARTS) is 1. The Bertz CT molecular complexity index is 602. The quantitative estimate of drug-likeness (QED) is 0.687. The fourth-order valence-corrected chi connectivity index (χ4v) is 4.82. The fourth-order valence-electron chi connectivity index (χ4n) is 3.13. The van der Waals surface area contributed by atoms with E-state index in [-0.39, 0.29) is 30.2 Å². The Morgan fingerprint density at radius 1 is 1.20 bits per heavy atom. The van der Waals surface area contributed by atoms with E-state index in [1.165, 1.54) is 16.7 Å². The SMILES string of the molecule is CC(=O)N(CC(=O)O)C1CCCN(C(=O)CS(=O)(=O)CC(C)C)CC1. The first-order valence-corrected chi connectivity index (χ1v) is 10.3. The highest BCUT2D eigenvalue weighted by atomic mass is 32.2. The van der Waals surface area contributed by atoms with Gasteiger partial charge >= 0.3 is 5.97 Å². The van der Waals surface area contributed by atoms with Gasteiger partial charge in [0.25, 0.3) is 0 Å². The van der Waals surface area contributed by atoms with Crippen molar-refractivity contribution in [3.63, 3.8) is 0 Å². The van der Waals surface area contributed by atoms with Gasteiger partial charge in [-0.05, 0) is 25.2 Å². The minimum absolute atomic E-state index is 0.0219. The molecule has 1 fully saturated rings. The maximum Gasteiger partial charge on any atom is 0.323 e. The molecule has 1 aliphatic heterocycles. The molecule has 0 aromatic rings. The molecule has 1 saturated heterocycles. The van der Waals surface area contributed by atoms with Crippen molar-refractivity contribution in [2.45, 2.75) is 46.1 Å². The molecule has 9 heteroatoms. The number of carbonyl (C=O) groups excluding carboxylic acids is 2. The van der Waals surface area contributed by atoms with Gasteiger partial charge in [0, 0.05) is 26.1 Å². The van der Waals surface area contributed by atoms with Crippen LogP contribution in [0, 0.1) is 5.92 Å². The zero-order valence-electron chi connectivity index (χ0n) is 15.1. The highest BCUT2D eigenvalue weighted by Gasteiger charge is 2.29. The van der Waals surface area contributed by atoms with Gasteiger partial charge in [-0.1, -0.05) is 13.8 Å². The summed E-state index contributed by atoms with van der Waals surface area (Å²) in [5.41, 5.74) is 0. The number of carbonyl (C=O) groups is 3.